The average molecular weight is 341 g/mol. The minimum Gasteiger partial charge on any atom is -0.339 e. The van der Waals surface area contributed by atoms with Gasteiger partial charge in [0.05, 0.1) is 21.7 Å². The molecular weight excluding hydrogens is 323 g/mol. The average Bonchev–Trinajstić information content (AvgIpc) is 3.12. The van der Waals surface area contributed by atoms with Gasteiger partial charge in [-0.2, -0.15) is 0 Å². The van der Waals surface area contributed by atoms with Crippen molar-refractivity contribution in [3.8, 4) is 0 Å². The second-order valence-corrected chi connectivity index (χ2v) is 6.76. The van der Waals surface area contributed by atoms with Gasteiger partial charge in [-0.15, -0.1) is 0 Å². The lowest BCUT2D eigenvalue weighted by Gasteiger charge is -2.23. The third kappa shape index (κ3) is 3.08. The molecule has 0 spiro atoms. The molecule has 0 unspecified atom stereocenters. The Balaban J connectivity index is 1.66. The summed E-state index contributed by atoms with van der Waals surface area (Å²) >= 11 is 12.0. The van der Waals surface area contributed by atoms with Gasteiger partial charge in [-0.05, 0) is 25.0 Å². The van der Waals surface area contributed by atoms with Crippen molar-refractivity contribution in [3.63, 3.8) is 0 Å². The second-order valence-electron chi connectivity index (χ2n) is 5.98. The molecule has 6 heteroatoms. The number of halogens is 2. The molecule has 1 saturated carbocycles. The Hall–Kier alpha value is -1.26. The number of anilines is 1. The van der Waals surface area contributed by atoms with Crippen molar-refractivity contribution in [2.75, 3.05) is 11.9 Å². The molecule has 1 aromatic carbocycles. The molecule has 1 heterocycles. The molecule has 2 aliphatic rings. The fourth-order valence-corrected chi connectivity index (χ4v) is 3.66. The number of nitrogens with one attached hydrogen (secondary N) is 1. The van der Waals surface area contributed by atoms with Crippen LogP contribution in [-0.2, 0) is 9.59 Å². The number of likely N-dealkylation sites (tertiary alicyclic amines) is 1. The molecule has 3 rings (SSSR count). The highest BCUT2D eigenvalue weighted by atomic mass is 35.5. The fourth-order valence-electron chi connectivity index (χ4n) is 3.31. The molecule has 1 atom stereocenters. The first kappa shape index (κ1) is 15.6. The summed E-state index contributed by atoms with van der Waals surface area (Å²) in [6, 6.07) is 5.42. The van der Waals surface area contributed by atoms with E-state index >= 15 is 0 Å². The Morgan fingerprint density at radius 2 is 1.95 bits per heavy atom. The van der Waals surface area contributed by atoms with Crippen molar-refractivity contribution in [3.05, 3.63) is 28.2 Å². The standard InChI is InChI=1S/C16H18Cl2N2O2/c17-12-6-3-7-13(15(12)18)19-16(22)10-8-14(21)20(9-10)11-4-1-2-5-11/h3,6-7,10-11H,1-2,4-5,8-9H2,(H,19,22)/t10-/m1/s1. The van der Waals surface area contributed by atoms with Crippen LogP contribution in [0, 0.1) is 5.92 Å². The van der Waals surface area contributed by atoms with Gasteiger partial charge in [-0.1, -0.05) is 42.1 Å². The van der Waals surface area contributed by atoms with E-state index in [2.05, 4.69) is 5.32 Å². The number of carbonyl (C=O) groups is 2. The third-order valence-corrected chi connectivity index (χ3v) is 5.32. The molecule has 1 aliphatic carbocycles. The number of amides is 2. The van der Waals surface area contributed by atoms with Gasteiger partial charge in [0.1, 0.15) is 0 Å². The van der Waals surface area contributed by atoms with Crippen LogP contribution in [0.4, 0.5) is 5.69 Å². The second kappa shape index (κ2) is 6.47. The molecular formula is C16H18Cl2N2O2. The van der Waals surface area contributed by atoms with Crippen LogP contribution in [0.25, 0.3) is 0 Å². The van der Waals surface area contributed by atoms with Crippen molar-refractivity contribution in [1.82, 2.24) is 4.90 Å². The molecule has 1 N–H and O–H groups in total. The van der Waals surface area contributed by atoms with E-state index in [1.165, 1.54) is 12.8 Å². The Bertz CT molecular complexity index is 600. The highest BCUT2D eigenvalue weighted by Gasteiger charge is 2.38. The molecule has 0 bridgehead atoms. The molecule has 1 saturated heterocycles. The molecule has 118 valence electrons. The smallest absolute Gasteiger partial charge is 0.229 e. The maximum Gasteiger partial charge on any atom is 0.229 e. The summed E-state index contributed by atoms with van der Waals surface area (Å²) in [5.74, 6) is -0.398. The monoisotopic (exact) mass is 340 g/mol. The topological polar surface area (TPSA) is 49.4 Å². The molecule has 1 aliphatic heterocycles. The van der Waals surface area contributed by atoms with Crippen LogP contribution >= 0.6 is 23.2 Å². The fraction of sp³-hybridized carbons (Fsp3) is 0.500. The maximum atomic E-state index is 12.4. The van der Waals surface area contributed by atoms with Crippen LogP contribution in [0.15, 0.2) is 18.2 Å². The van der Waals surface area contributed by atoms with E-state index in [0.29, 0.717) is 28.3 Å². The van der Waals surface area contributed by atoms with Gasteiger partial charge in [0.15, 0.2) is 0 Å². The van der Waals surface area contributed by atoms with Gasteiger partial charge in [0.25, 0.3) is 0 Å². The summed E-state index contributed by atoms with van der Waals surface area (Å²) in [7, 11) is 0. The Morgan fingerprint density at radius 1 is 1.23 bits per heavy atom. The van der Waals surface area contributed by atoms with Gasteiger partial charge in [0, 0.05) is 19.0 Å². The predicted octanol–water partition coefficient (Wildman–Crippen LogP) is 3.72. The largest absolute Gasteiger partial charge is 0.339 e. The number of hydrogen-bond donors (Lipinski definition) is 1. The lowest BCUT2D eigenvalue weighted by molar-refractivity contribution is -0.129. The molecule has 22 heavy (non-hydrogen) atoms. The number of carbonyl (C=O) groups excluding carboxylic acids is 2. The van der Waals surface area contributed by atoms with Crippen molar-refractivity contribution >= 4 is 40.7 Å². The SMILES string of the molecule is O=C(Nc1cccc(Cl)c1Cl)[C@@H]1CC(=O)N(C2CCCC2)C1. The van der Waals surface area contributed by atoms with Crippen LogP contribution < -0.4 is 5.32 Å². The van der Waals surface area contributed by atoms with Crippen LogP contribution in [-0.4, -0.2) is 29.3 Å². The Labute approximate surface area is 139 Å². The first-order chi connectivity index (χ1) is 10.6. The molecule has 0 aromatic heterocycles. The molecule has 1 aromatic rings. The van der Waals surface area contributed by atoms with Gasteiger partial charge in [0.2, 0.25) is 11.8 Å². The number of nitrogens with zero attached hydrogens (tertiary/aromatic N) is 1. The summed E-state index contributed by atoms with van der Waals surface area (Å²) < 4.78 is 0. The zero-order valence-electron chi connectivity index (χ0n) is 12.1. The van der Waals surface area contributed by atoms with Gasteiger partial charge >= 0.3 is 0 Å². The zero-order chi connectivity index (χ0) is 15.7. The van der Waals surface area contributed by atoms with Crippen LogP contribution in [0.5, 0.6) is 0 Å². The number of hydrogen-bond acceptors (Lipinski definition) is 2. The quantitative estimate of drug-likeness (QED) is 0.911. The van der Waals surface area contributed by atoms with E-state index < -0.39 is 0 Å². The normalized spacial score (nSPS) is 22.4. The lowest BCUT2D eigenvalue weighted by atomic mass is 10.1. The minimum absolute atomic E-state index is 0.0873. The Kier molecular flexibility index (Phi) is 4.59. The van der Waals surface area contributed by atoms with Crippen LogP contribution in [0.1, 0.15) is 32.1 Å². The van der Waals surface area contributed by atoms with E-state index in [4.69, 9.17) is 23.2 Å². The summed E-state index contributed by atoms with van der Waals surface area (Å²) in [6.45, 7) is 0.507. The van der Waals surface area contributed by atoms with Gasteiger partial charge in [-0.25, -0.2) is 0 Å². The number of rotatable bonds is 3. The predicted molar refractivity (Wildman–Crippen MR) is 87.2 cm³/mol. The van der Waals surface area contributed by atoms with E-state index in [1.54, 1.807) is 18.2 Å². The van der Waals surface area contributed by atoms with E-state index in [9.17, 15) is 9.59 Å². The molecule has 2 fully saturated rings. The van der Waals surface area contributed by atoms with E-state index in [0.717, 1.165) is 12.8 Å². The minimum atomic E-state index is -0.317. The van der Waals surface area contributed by atoms with Crippen molar-refractivity contribution in [1.29, 1.82) is 0 Å². The zero-order valence-corrected chi connectivity index (χ0v) is 13.7. The van der Waals surface area contributed by atoms with Crippen LogP contribution in [0.3, 0.4) is 0 Å². The van der Waals surface area contributed by atoms with Crippen molar-refractivity contribution < 1.29 is 9.59 Å². The summed E-state index contributed by atoms with van der Waals surface area (Å²) in [5, 5.41) is 3.52. The number of benzene rings is 1. The Morgan fingerprint density at radius 3 is 2.68 bits per heavy atom. The first-order valence-corrected chi connectivity index (χ1v) is 8.36. The molecule has 0 radical (unpaired) electrons. The highest BCUT2D eigenvalue weighted by molar-refractivity contribution is 6.44. The summed E-state index contributed by atoms with van der Waals surface area (Å²) in [6.07, 6.45) is 4.73. The summed E-state index contributed by atoms with van der Waals surface area (Å²) in [4.78, 5) is 26.4. The van der Waals surface area contributed by atoms with Crippen LogP contribution in [0.2, 0.25) is 10.0 Å². The van der Waals surface area contributed by atoms with E-state index in [1.807, 2.05) is 4.90 Å². The molecule has 2 amide bonds. The first-order valence-electron chi connectivity index (χ1n) is 7.60. The van der Waals surface area contributed by atoms with Gasteiger partial charge in [-0.3, -0.25) is 9.59 Å². The van der Waals surface area contributed by atoms with Crippen molar-refractivity contribution in [2.24, 2.45) is 5.92 Å². The third-order valence-electron chi connectivity index (χ3n) is 4.50. The molecule has 4 nitrogen and oxygen atoms in total. The highest BCUT2D eigenvalue weighted by Crippen LogP contribution is 2.32. The van der Waals surface area contributed by atoms with E-state index in [-0.39, 0.29) is 24.2 Å². The maximum absolute atomic E-state index is 12.4. The lowest BCUT2D eigenvalue weighted by Crippen LogP contribution is -2.35. The van der Waals surface area contributed by atoms with Gasteiger partial charge < -0.3 is 10.2 Å². The summed E-state index contributed by atoms with van der Waals surface area (Å²) in [5.41, 5.74) is 0.492. The van der Waals surface area contributed by atoms with Crippen molar-refractivity contribution in [2.45, 2.75) is 38.1 Å².